The number of aliphatic hydroxyl groups is 2. The van der Waals surface area contributed by atoms with Gasteiger partial charge in [-0.2, -0.15) is 0 Å². The summed E-state index contributed by atoms with van der Waals surface area (Å²) < 4.78 is 5.34. The van der Waals surface area contributed by atoms with Gasteiger partial charge in [0.25, 0.3) is 0 Å². The van der Waals surface area contributed by atoms with E-state index < -0.39 is 17.1 Å². The molecule has 22 heavy (non-hydrogen) atoms. The van der Waals surface area contributed by atoms with E-state index in [1.165, 1.54) is 0 Å². The second-order valence-corrected chi connectivity index (χ2v) is 6.89. The molecule has 0 aliphatic rings. The molecule has 0 spiro atoms. The highest BCUT2D eigenvalue weighted by Crippen LogP contribution is 2.19. The molecule has 0 saturated heterocycles. The predicted molar refractivity (Wildman–Crippen MR) is 85.0 cm³/mol. The molecule has 124 valence electrons. The van der Waals surface area contributed by atoms with Crippen LogP contribution in [0, 0.1) is 0 Å². The van der Waals surface area contributed by atoms with Gasteiger partial charge < -0.3 is 20.7 Å². The highest BCUT2D eigenvalue weighted by atomic mass is 16.6. The fraction of sp³-hybridized carbons (Fsp3) is 0.588. The topological polar surface area (TPSA) is 92.8 Å². The Morgan fingerprint density at radius 1 is 1.05 bits per heavy atom. The van der Waals surface area contributed by atoms with Crippen molar-refractivity contribution in [3.05, 3.63) is 34.9 Å². The van der Waals surface area contributed by atoms with Gasteiger partial charge >= 0.3 is 5.97 Å². The molecule has 5 heteroatoms. The molecule has 1 rings (SSSR count). The molecule has 0 aliphatic carbocycles. The van der Waals surface area contributed by atoms with E-state index >= 15 is 0 Å². The van der Waals surface area contributed by atoms with Gasteiger partial charge in [-0.15, -0.1) is 0 Å². The quantitative estimate of drug-likeness (QED) is 0.695. The summed E-state index contributed by atoms with van der Waals surface area (Å²) in [4.78, 5) is 12.1. The maximum absolute atomic E-state index is 12.1. The van der Waals surface area contributed by atoms with E-state index in [9.17, 15) is 15.0 Å². The lowest BCUT2D eigenvalue weighted by Gasteiger charge is -2.28. The van der Waals surface area contributed by atoms with Crippen LogP contribution < -0.4 is 5.73 Å². The van der Waals surface area contributed by atoms with Gasteiger partial charge in [0.05, 0.1) is 13.2 Å². The average Bonchev–Trinajstić information content (AvgIpc) is 2.43. The van der Waals surface area contributed by atoms with Gasteiger partial charge in [0, 0.05) is 0 Å². The second kappa shape index (κ2) is 7.22. The van der Waals surface area contributed by atoms with Crippen molar-refractivity contribution < 1.29 is 19.7 Å². The highest BCUT2D eigenvalue weighted by molar-refractivity contribution is 5.80. The Hall–Kier alpha value is -1.43. The molecule has 1 aromatic rings. The van der Waals surface area contributed by atoms with E-state index in [2.05, 4.69) is 0 Å². The van der Waals surface area contributed by atoms with E-state index in [0.717, 1.165) is 16.7 Å². The van der Waals surface area contributed by atoms with Gasteiger partial charge in [-0.25, -0.2) is 0 Å². The lowest BCUT2D eigenvalue weighted by molar-refractivity contribution is -0.161. The Kier molecular flexibility index (Phi) is 6.11. The molecule has 1 unspecified atom stereocenters. The van der Waals surface area contributed by atoms with Crippen molar-refractivity contribution >= 4 is 5.97 Å². The molecule has 0 aromatic heterocycles. The van der Waals surface area contributed by atoms with Crippen LogP contribution in [0.2, 0.25) is 0 Å². The lowest BCUT2D eigenvalue weighted by atomic mass is 9.93. The first-order valence-electron chi connectivity index (χ1n) is 7.43. The molecule has 0 amide bonds. The van der Waals surface area contributed by atoms with Gasteiger partial charge in [-0.05, 0) is 57.2 Å². The number of hydrogen-bond acceptors (Lipinski definition) is 5. The number of ether oxygens (including phenoxy) is 1. The van der Waals surface area contributed by atoms with Gasteiger partial charge in [-0.1, -0.05) is 18.2 Å². The molecular formula is C17H27NO4. The van der Waals surface area contributed by atoms with Crippen LogP contribution >= 0.6 is 0 Å². The smallest absolute Gasteiger partial charge is 0.326 e. The molecule has 1 aromatic carbocycles. The number of carbonyl (C=O) groups is 1. The van der Waals surface area contributed by atoms with E-state index in [0.29, 0.717) is 12.8 Å². The molecule has 4 N–H and O–H groups in total. The third-order valence-electron chi connectivity index (χ3n) is 3.28. The summed E-state index contributed by atoms with van der Waals surface area (Å²) in [5.74, 6) is -0.430. The summed E-state index contributed by atoms with van der Waals surface area (Å²) in [6, 6.07) is 5.45. The largest absolute Gasteiger partial charge is 0.459 e. The number of carbonyl (C=O) groups excluding carboxylic acids is 1. The third-order valence-corrected chi connectivity index (χ3v) is 3.28. The van der Waals surface area contributed by atoms with Crippen molar-refractivity contribution in [2.45, 2.75) is 64.9 Å². The van der Waals surface area contributed by atoms with Crippen LogP contribution in [0.3, 0.4) is 0 Å². The summed E-state index contributed by atoms with van der Waals surface area (Å²) in [6.07, 6.45) is 0.981. The van der Waals surface area contributed by atoms with Crippen LogP contribution in [0.1, 0.15) is 50.8 Å². The fourth-order valence-corrected chi connectivity index (χ4v) is 2.07. The van der Waals surface area contributed by atoms with Crippen LogP contribution in [0.5, 0.6) is 0 Å². The number of hydrogen-bond donors (Lipinski definition) is 3. The number of aryl methyl sites for hydroxylation is 1. The van der Waals surface area contributed by atoms with Crippen LogP contribution in [-0.2, 0) is 29.2 Å². The normalized spacial score (nSPS) is 14.5. The van der Waals surface area contributed by atoms with Crippen LogP contribution in [0.4, 0.5) is 0 Å². The van der Waals surface area contributed by atoms with Crippen molar-refractivity contribution in [3.8, 4) is 0 Å². The average molecular weight is 309 g/mol. The second-order valence-electron chi connectivity index (χ2n) is 6.89. The predicted octanol–water partition coefficient (Wildman–Crippen LogP) is 1.66. The highest BCUT2D eigenvalue weighted by Gasteiger charge is 2.32. The number of aliphatic hydroxyl groups excluding tert-OH is 2. The standard InChI is InChI=1S/C17H27NO4/c1-16(2,3)22-15(21)17(4,18)6-5-12-7-13(10-19)9-14(8-12)11-20/h7-9,19-20H,5-6,10-11,18H2,1-4H3. The van der Waals surface area contributed by atoms with Gasteiger partial charge in [-0.3, -0.25) is 4.79 Å². The number of nitrogens with two attached hydrogens (primary N) is 1. The minimum Gasteiger partial charge on any atom is -0.459 e. The Balaban J connectivity index is 2.77. The Morgan fingerprint density at radius 3 is 1.91 bits per heavy atom. The zero-order valence-electron chi connectivity index (χ0n) is 13.8. The van der Waals surface area contributed by atoms with Crippen molar-refractivity contribution in [3.63, 3.8) is 0 Å². The molecule has 0 aliphatic heterocycles. The number of rotatable bonds is 6. The summed E-state index contributed by atoms with van der Waals surface area (Å²) >= 11 is 0. The molecule has 0 radical (unpaired) electrons. The molecule has 0 heterocycles. The van der Waals surface area contributed by atoms with Crippen molar-refractivity contribution in [2.24, 2.45) is 5.73 Å². The summed E-state index contributed by atoms with van der Waals surface area (Å²) in [7, 11) is 0. The van der Waals surface area contributed by atoms with Gasteiger partial charge in [0.15, 0.2) is 0 Å². The molecule has 1 atom stereocenters. The monoisotopic (exact) mass is 309 g/mol. The summed E-state index contributed by atoms with van der Waals surface area (Å²) in [6.45, 7) is 6.89. The fourth-order valence-electron chi connectivity index (χ4n) is 2.07. The minimum atomic E-state index is -1.08. The zero-order valence-corrected chi connectivity index (χ0v) is 13.8. The van der Waals surface area contributed by atoms with Crippen LogP contribution in [0.25, 0.3) is 0 Å². The molecular weight excluding hydrogens is 282 g/mol. The van der Waals surface area contributed by atoms with E-state index in [1.807, 2.05) is 12.1 Å². The minimum absolute atomic E-state index is 0.0905. The van der Waals surface area contributed by atoms with Crippen molar-refractivity contribution in [2.75, 3.05) is 0 Å². The molecule has 5 nitrogen and oxygen atoms in total. The first-order valence-corrected chi connectivity index (χ1v) is 7.43. The molecule has 0 fully saturated rings. The first kappa shape index (κ1) is 18.6. The van der Waals surface area contributed by atoms with Crippen molar-refractivity contribution in [1.29, 1.82) is 0 Å². The maximum atomic E-state index is 12.1. The van der Waals surface area contributed by atoms with Crippen LogP contribution in [0.15, 0.2) is 18.2 Å². The van der Waals surface area contributed by atoms with Gasteiger partial charge in [0.1, 0.15) is 11.1 Å². The van der Waals surface area contributed by atoms with Crippen LogP contribution in [-0.4, -0.2) is 27.3 Å². The summed E-state index contributed by atoms with van der Waals surface area (Å²) in [5, 5.41) is 18.5. The third kappa shape index (κ3) is 5.75. The Morgan fingerprint density at radius 2 is 1.50 bits per heavy atom. The molecule has 0 saturated carbocycles. The lowest BCUT2D eigenvalue weighted by Crippen LogP contribution is -2.48. The Bertz CT molecular complexity index is 496. The maximum Gasteiger partial charge on any atom is 0.326 e. The van der Waals surface area contributed by atoms with Crippen molar-refractivity contribution in [1.82, 2.24) is 0 Å². The van der Waals surface area contributed by atoms with E-state index in [-0.39, 0.29) is 13.2 Å². The first-order chi connectivity index (χ1) is 10.1. The summed E-state index contributed by atoms with van der Waals surface area (Å²) in [5.41, 5.74) is 6.83. The van der Waals surface area contributed by atoms with Gasteiger partial charge in [0.2, 0.25) is 0 Å². The Labute approximate surface area is 132 Å². The number of esters is 1. The van der Waals surface area contributed by atoms with E-state index in [1.54, 1.807) is 33.8 Å². The SMILES string of the molecule is CC(C)(C)OC(=O)C(C)(N)CCc1cc(CO)cc(CO)c1. The molecule has 0 bridgehead atoms. The van der Waals surface area contributed by atoms with E-state index in [4.69, 9.17) is 10.5 Å². The zero-order chi connectivity index (χ0) is 17.0. The number of benzene rings is 1.